The first-order valence-electron chi connectivity index (χ1n) is 6.11. The van der Waals surface area contributed by atoms with Crippen LogP contribution in [0.1, 0.15) is 13.8 Å². The number of hydrogen-bond donors (Lipinski definition) is 1. The molecule has 0 bridgehead atoms. The first-order chi connectivity index (χ1) is 9.13. The van der Waals surface area contributed by atoms with Crippen LogP contribution in [0, 0.1) is 5.92 Å². The van der Waals surface area contributed by atoms with Crippen molar-refractivity contribution < 1.29 is 16.8 Å². The van der Waals surface area contributed by atoms with Crippen molar-refractivity contribution in [2.75, 3.05) is 25.9 Å². The normalized spacial score (nSPS) is 13.2. The highest BCUT2D eigenvalue weighted by molar-refractivity contribution is 7.91. The number of rotatable bonds is 8. The molecule has 9 heteroatoms. The molecule has 1 heterocycles. The lowest BCUT2D eigenvalue weighted by Crippen LogP contribution is -2.39. The first kappa shape index (κ1) is 17.6. The van der Waals surface area contributed by atoms with Gasteiger partial charge in [-0.1, -0.05) is 19.9 Å². The lowest BCUT2D eigenvalue weighted by molar-refractivity contribution is 0.372. The minimum absolute atomic E-state index is 0.0556. The second-order valence-corrected chi connectivity index (χ2v) is 9.77. The van der Waals surface area contributed by atoms with E-state index in [0.29, 0.717) is 6.54 Å². The molecule has 0 aliphatic heterocycles. The van der Waals surface area contributed by atoms with E-state index in [9.17, 15) is 16.8 Å². The van der Waals surface area contributed by atoms with Crippen molar-refractivity contribution in [3.8, 4) is 0 Å². The van der Waals surface area contributed by atoms with E-state index in [2.05, 4.69) is 4.72 Å². The third-order valence-corrected chi connectivity index (χ3v) is 6.58. The monoisotopic (exact) mass is 340 g/mol. The third kappa shape index (κ3) is 5.49. The molecule has 0 aliphatic rings. The van der Waals surface area contributed by atoms with E-state index in [-0.39, 0.29) is 23.2 Å². The molecule has 1 N–H and O–H groups in total. The Morgan fingerprint density at radius 2 is 1.95 bits per heavy atom. The van der Waals surface area contributed by atoms with Gasteiger partial charge < -0.3 is 0 Å². The van der Waals surface area contributed by atoms with Crippen LogP contribution < -0.4 is 4.72 Å². The highest BCUT2D eigenvalue weighted by Crippen LogP contribution is 2.15. The average Bonchev–Trinajstić information content (AvgIpc) is 2.79. The molecule has 0 amide bonds. The van der Waals surface area contributed by atoms with E-state index in [0.717, 1.165) is 17.6 Å². The number of nitrogens with one attached hydrogen (secondary N) is 1. The summed E-state index contributed by atoms with van der Waals surface area (Å²) in [5.41, 5.74) is 0. The summed E-state index contributed by atoms with van der Waals surface area (Å²) in [5, 5.41) is 1.68. The first-order valence-corrected chi connectivity index (χ1v) is 10.3. The van der Waals surface area contributed by atoms with E-state index in [1.165, 1.54) is 10.4 Å². The van der Waals surface area contributed by atoms with Crippen LogP contribution in [-0.2, 0) is 20.0 Å². The second kappa shape index (κ2) is 6.99. The fourth-order valence-electron chi connectivity index (χ4n) is 1.59. The molecular weight excluding hydrogens is 320 g/mol. The van der Waals surface area contributed by atoms with Gasteiger partial charge in [-0.05, 0) is 17.4 Å². The van der Waals surface area contributed by atoms with E-state index in [1.54, 1.807) is 11.4 Å². The van der Waals surface area contributed by atoms with Gasteiger partial charge in [0.2, 0.25) is 20.0 Å². The summed E-state index contributed by atoms with van der Waals surface area (Å²) in [4.78, 5) is 0. The molecule has 0 fully saturated rings. The lowest BCUT2D eigenvalue weighted by Gasteiger charge is -2.21. The van der Waals surface area contributed by atoms with Crippen molar-refractivity contribution >= 4 is 31.4 Å². The zero-order valence-corrected chi connectivity index (χ0v) is 14.2. The summed E-state index contributed by atoms with van der Waals surface area (Å²) in [6, 6.07) is 3.16. The Kier molecular flexibility index (Phi) is 6.14. The van der Waals surface area contributed by atoms with Gasteiger partial charge in [-0.15, -0.1) is 11.3 Å². The van der Waals surface area contributed by atoms with Crippen molar-refractivity contribution in [2.45, 2.75) is 18.1 Å². The molecule has 0 saturated carbocycles. The Morgan fingerprint density at radius 3 is 2.40 bits per heavy atom. The lowest BCUT2D eigenvalue weighted by atomic mass is 10.2. The van der Waals surface area contributed by atoms with E-state index in [4.69, 9.17) is 0 Å². The Morgan fingerprint density at radius 1 is 1.30 bits per heavy atom. The Bertz CT molecular complexity index is 606. The SMILES string of the molecule is CC(C)CN(CCNS(=O)(=O)c1cccs1)S(C)(=O)=O. The highest BCUT2D eigenvalue weighted by Gasteiger charge is 2.19. The number of sulfonamides is 2. The second-order valence-electron chi connectivity index (χ2n) is 4.84. The Balaban J connectivity index is 2.62. The van der Waals surface area contributed by atoms with Crippen LogP contribution in [0.15, 0.2) is 21.7 Å². The predicted molar refractivity (Wildman–Crippen MR) is 80.8 cm³/mol. The van der Waals surface area contributed by atoms with E-state index < -0.39 is 20.0 Å². The minimum Gasteiger partial charge on any atom is -0.213 e. The fraction of sp³-hybridized carbons (Fsp3) is 0.636. The smallest absolute Gasteiger partial charge is 0.213 e. The highest BCUT2D eigenvalue weighted by atomic mass is 32.2. The molecule has 20 heavy (non-hydrogen) atoms. The topological polar surface area (TPSA) is 83.6 Å². The van der Waals surface area contributed by atoms with Crippen molar-refractivity contribution in [2.24, 2.45) is 5.92 Å². The van der Waals surface area contributed by atoms with E-state index in [1.807, 2.05) is 13.8 Å². The molecule has 1 aromatic rings. The van der Waals surface area contributed by atoms with Crippen molar-refractivity contribution in [1.82, 2.24) is 9.03 Å². The molecular formula is C11H20N2O4S3. The summed E-state index contributed by atoms with van der Waals surface area (Å²) in [6.45, 7) is 4.38. The van der Waals surface area contributed by atoms with Crippen LogP contribution in [0.25, 0.3) is 0 Å². The van der Waals surface area contributed by atoms with Gasteiger partial charge in [0, 0.05) is 19.6 Å². The van der Waals surface area contributed by atoms with Crippen molar-refractivity contribution in [1.29, 1.82) is 0 Å². The zero-order chi connectivity index (χ0) is 15.4. The van der Waals surface area contributed by atoms with Gasteiger partial charge in [-0.2, -0.15) is 0 Å². The van der Waals surface area contributed by atoms with Gasteiger partial charge in [0.25, 0.3) is 0 Å². The number of hydrogen-bond acceptors (Lipinski definition) is 5. The Hall–Kier alpha value is -0.480. The Labute approximate surface area is 124 Å². The van der Waals surface area contributed by atoms with Gasteiger partial charge in [0.05, 0.1) is 6.26 Å². The molecule has 1 aromatic heterocycles. The third-order valence-electron chi connectivity index (χ3n) is 2.45. The summed E-state index contributed by atoms with van der Waals surface area (Å²) >= 11 is 1.12. The molecule has 0 radical (unpaired) electrons. The summed E-state index contributed by atoms with van der Waals surface area (Å²) in [5.74, 6) is 0.179. The van der Waals surface area contributed by atoms with Crippen LogP contribution in [-0.4, -0.2) is 47.0 Å². The average molecular weight is 340 g/mol. The van der Waals surface area contributed by atoms with Crippen LogP contribution in [0.5, 0.6) is 0 Å². The molecule has 0 aliphatic carbocycles. The van der Waals surface area contributed by atoms with Crippen LogP contribution in [0.3, 0.4) is 0 Å². The molecule has 1 rings (SSSR count). The standard InChI is InChI=1S/C11H20N2O4S3/c1-10(2)9-13(19(3,14)15)7-6-12-20(16,17)11-5-4-8-18-11/h4-5,8,10,12H,6-7,9H2,1-3H3. The van der Waals surface area contributed by atoms with Gasteiger partial charge >= 0.3 is 0 Å². The fourth-order valence-corrected chi connectivity index (χ4v) is 4.64. The largest absolute Gasteiger partial charge is 0.250 e. The maximum atomic E-state index is 11.9. The van der Waals surface area contributed by atoms with Gasteiger partial charge in [0.1, 0.15) is 4.21 Å². The van der Waals surface area contributed by atoms with Crippen molar-refractivity contribution in [3.63, 3.8) is 0 Å². The van der Waals surface area contributed by atoms with Crippen LogP contribution in [0.4, 0.5) is 0 Å². The molecule has 0 atom stereocenters. The van der Waals surface area contributed by atoms with Crippen LogP contribution in [0.2, 0.25) is 0 Å². The number of nitrogens with zero attached hydrogens (tertiary/aromatic N) is 1. The van der Waals surface area contributed by atoms with Crippen molar-refractivity contribution in [3.05, 3.63) is 17.5 Å². The minimum atomic E-state index is -3.54. The van der Waals surface area contributed by atoms with E-state index >= 15 is 0 Å². The molecule has 0 spiro atoms. The summed E-state index contributed by atoms with van der Waals surface area (Å²) in [7, 11) is -6.87. The van der Waals surface area contributed by atoms with Gasteiger partial charge in [-0.25, -0.2) is 25.9 Å². The summed E-state index contributed by atoms with van der Waals surface area (Å²) < 4.78 is 50.9. The van der Waals surface area contributed by atoms with Gasteiger partial charge in [-0.3, -0.25) is 0 Å². The molecule has 6 nitrogen and oxygen atoms in total. The summed E-state index contributed by atoms with van der Waals surface area (Å²) in [6.07, 6.45) is 1.13. The molecule has 0 aromatic carbocycles. The molecule has 0 unspecified atom stereocenters. The predicted octanol–water partition coefficient (Wildman–Crippen LogP) is 0.944. The quantitative estimate of drug-likeness (QED) is 0.763. The maximum Gasteiger partial charge on any atom is 0.250 e. The molecule has 0 saturated heterocycles. The zero-order valence-electron chi connectivity index (χ0n) is 11.7. The maximum absolute atomic E-state index is 11.9. The molecule has 116 valence electrons. The van der Waals surface area contributed by atoms with Gasteiger partial charge in [0.15, 0.2) is 0 Å². The van der Waals surface area contributed by atoms with Crippen LogP contribution >= 0.6 is 11.3 Å². The number of thiophene rings is 1.